The summed E-state index contributed by atoms with van der Waals surface area (Å²) in [5.41, 5.74) is 7.28. The Balaban J connectivity index is 0.00000144. The van der Waals surface area contributed by atoms with Crippen LogP contribution in [0.1, 0.15) is 18.5 Å². The predicted octanol–water partition coefficient (Wildman–Crippen LogP) is 1.59. The van der Waals surface area contributed by atoms with E-state index in [0.29, 0.717) is 45.6 Å². The number of hydrogen-bond donors (Lipinski definition) is 2. The monoisotopic (exact) mass is 374 g/mol. The molecular weight excluding hydrogens is 351 g/mol. The lowest BCUT2D eigenvalue weighted by Gasteiger charge is -2.34. The first kappa shape index (κ1) is 20.7. The molecule has 1 amide bonds. The van der Waals surface area contributed by atoms with Crippen LogP contribution in [0, 0.1) is 5.41 Å². The fourth-order valence-electron chi connectivity index (χ4n) is 2.89. The summed E-state index contributed by atoms with van der Waals surface area (Å²) in [7, 11) is 0. The third-order valence-electron chi connectivity index (χ3n) is 4.40. The van der Waals surface area contributed by atoms with Crippen molar-refractivity contribution in [2.45, 2.75) is 19.3 Å². The molecule has 0 atom stereocenters. The molecule has 0 aliphatic carbocycles. The first-order valence-corrected chi connectivity index (χ1v) is 7.72. The molecule has 0 saturated carbocycles. The van der Waals surface area contributed by atoms with Gasteiger partial charge in [0.05, 0.1) is 11.1 Å². The average molecular weight is 375 g/mol. The minimum absolute atomic E-state index is 0. The van der Waals surface area contributed by atoms with E-state index in [-0.39, 0.29) is 30.7 Å². The number of ether oxygens (including phenoxy) is 1. The Bertz CT molecular complexity index is 623. The molecular formula is C16H24Cl2N4O2. The number of imidazole rings is 1. The van der Waals surface area contributed by atoms with Crippen LogP contribution < -0.4 is 11.1 Å². The lowest BCUT2D eigenvalue weighted by atomic mass is 9.79. The molecule has 1 aliphatic heterocycles. The van der Waals surface area contributed by atoms with Crippen molar-refractivity contribution in [1.29, 1.82) is 0 Å². The van der Waals surface area contributed by atoms with Gasteiger partial charge in [-0.3, -0.25) is 4.79 Å². The first-order valence-electron chi connectivity index (χ1n) is 7.72. The van der Waals surface area contributed by atoms with Crippen molar-refractivity contribution in [3.05, 3.63) is 36.3 Å². The Morgan fingerprint density at radius 2 is 2.08 bits per heavy atom. The maximum atomic E-state index is 12.4. The normalized spacial score (nSPS) is 16.0. The number of hydrogen-bond acceptors (Lipinski definition) is 4. The van der Waals surface area contributed by atoms with Gasteiger partial charge in [0.2, 0.25) is 5.91 Å². The highest BCUT2D eigenvalue weighted by Crippen LogP contribution is 2.29. The summed E-state index contributed by atoms with van der Waals surface area (Å²) < 4.78 is 7.32. The molecule has 3 N–H and O–H groups in total. The van der Waals surface area contributed by atoms with Crippen molar-refractivity contribution < 1.29 is 9.53 Å². The first-order chi connectivity index (χ1) is 10.7. The topological polar surface area (TPSA) is 81.7 Å². The van der Waals surface area contributed by atoms with Crippen LogP contribution in [0.4, 0.5) is 0 Å². The smallest absolute Gasteiger partial charge is 0.227 e. The van der Waals surface area contributed by atoms with Crippen LogP contribution in [0.2, 0.25) is 0 Å². The maximum Gasteiger partial charge on any atom is 0.227 e. The minimum Gasteiger partial charge on any atom is -0.381 e. The molecule has 0 bridgehead atoms. The lowest BCUT2D eigenvalue weighted by molar-refractivity contribution is -0.135. The van der Waals surface area contributed by atoms with Crippen LogP contribution in [0.15, 0.2) is 30.6 Å². The van der Waals surface area contributed by atoms with Crippen LogP contribution in [0.5, 0.6) is 0 Å². The second-order valence-electron chi connectivity index (χ2n) is 5.80. The van der Waals surface area contributed by atoms with Crippen LogP contribution in [0.3, 0.4) is 0 Å². The van der Waals surface area contributed by atoms with Gasteiger partial charge in [0, 0.05) is 45.1 Å². The summed E-state index contributed by atoms with van der Waals surface area (Å²) in [5.74, 6) is 0.0436. The number of nitrogens with two attached hydrogens (primary N) is 1. The number of aromatic nitrogens is 2. The second kappa shape index (κ2) is 9.22. The van der Waals surface area contributed by atoms with Gasteiger partial charge in [-0.05, 0) is 25.0 Å². The van der Waals surface area contributed by atoms with E-state index in [4.69, 9.17) is 10.5 Å². The molecule has 0 radical (unpaired) electrons. The molecule has 3 heterocycles. The van der Waals surface area contributed by atoms with E-state index in [0.717, 1.165) is 11.3 Å². The van der Waals surface area contributed by atoms with Crippen molar-refractivity contribution >= 4 is 36.4 Å². The Kier molecular flexibility index (Phi) is 7.96. The van der Waals surface area contributed by atoms with Gasteiger partial charge in [0.25, 0.3) is 0 Å². The Labute approximate surface area is 154 Å². The number of halogens is 2. The Morgan fingerprint density at radius 3 is 2.75 bits per heavy atom. The predicted molar refractivity (Wildman–Crippen MR) is 97.9 cm³/mol. The number of pyridine rings is 1. The molecule has 1 aliphatic rings. The van der Waals surface area contributed by atoms with Gasteiger partial charge in [-0.25, -0.2) is 4.98 Å². The van der Waals surface area contributed by atoms with Gasteiger partial charge in [-0.2, -0.15) is 0 Å². The molecule has 134 valence electrons. The fraction of sp³-hybridized carbons (Fsp3) is 0.500. The number of amides is 1. The number of carbonyl (C=O) groups excluding carboxylic acids is 1. The highest BCUT2D eigenvalue weighted by atomic mass is 35.5. The zero-order valence-corrected chi connectivity index (χ0v) is 15.1. The maximum absolute atomic E-state index is 12.4. The Morgan fingerprint density at radius 1 is 1.33 bits per heavy atom. The Hall–Kier alpha value is -1.34. The van der Waals surface area contributed by atoms with Gasteiger partial charge in [0.15, 0.2) is 0 Å². The molecule has 0 aromatic carbocycles. The molecule has 1 fully saturated rings. The molecule has 3 rings (SSSR count). The zero-order chi connectivity index (χ0) is 15.4. The van der Waals surface area contributed by atoms with Gasteiger partial charge in [0.1, 0.15) is 5.65 Å². The summed E-state index contributed by atoms with van der Waals surface area (Å²) >= 11 is 0. The fourth-order valence-corrected chi connectivity index (χ4v) is 2.89. The quantitative estimate of drug-likeness (QED) is 0.832. The highest BCUT2D eigenvalue weighted by Gasteiger charge is 2.38. The average Bonchev–Trinajstić information content (AvgIpc) is 2.98. The summed E-state index contributed by atoms with van der Waals surface area (Å²) in [6.07, 6.45) is 6.07. The van der Waals surface area contributed by atoms with Gasteiger partial charge in [-0.15, -0.1) is 24.8 Å². The number of nitrogens with zero attached hydrogens (tertiary/aromatic N) is 2. The zero-order valence-electron chi connectivity index (χ0n) is 13.4. The van der Waals surface area contributed by atoms with Crippen molar-refractivity contribution in [3.63, 3.8) is 0 Å². The van der Waals surface area contributed by atoms with Crippen LogP contribution in [-0.2, 0) is 16.0 Å². The van der Waals surface area contributed by atoms with Crippen LogP contribution in [0.25, 0.3) is 5.65 Å². The molecule has 8 heteroatoms. The molecule has 0 unspecified atom stereocenters. The number of rotatable bonds is 5. The van der Waals surface area contributed by atoms with E-state index in [1.165, 1.54) is 0 Å². The third kappa shape index (κ3) is 4.39. The SMILES string of the molecule is Cl.Cl.NCC1(C(=O)NCCc2cn3ccccc3n2)CCOCC1. The largest absolute Gasteiger partial charge is 0.381 e. The van der Waals surface area contributed by atoms with Gasteiger partial charge >= 0.3 is 0 Å². The van der Waals surface area contributed by atoms with E-state index < -0.39 is 5.41 Å². The van der Waals surface area contributed by atoms with Crippen molar-refractivity contribution in [3.8, 4) is 0 Å². The molecule has 2 aromatic rings. The third-order valence-corrected chi connectivity index (χ3v) is 4.40. The molecule has 0 spiro atoms. The van der Waals surface area contributed by atoms with Crippen LogP contribution >= 0.6 is 24.8 Å². The summed E-state index contributed by atoms with van der Waals surface area (Å²) in [4.78, 5) is 17.0. The standard InChI is InChI=1S/C16H22N4O2.2ClH/c17-12-16(5-9-22-10-6-16)15(21)18-7-4-13-11-20-8-2-1-3-14(20)19-13;;/h1-3,8,11H,4-7,9-10,12,17H2,(H,18,21);2*1H. The molecule has 6 nitrogen and oxygen atoms in total. The summed E-state index contributed by atoms with van der Waals surface area (Å²) in [6.45, 7) is 2.16. The number of fused-ring (bicyclic) bond motifs is 1. The minimum atomic E-state index is -0.461. The van der Waals surface area contributed by atoms with Crippen molar-refractivity contribution in [2.24, 2.45) is 11.1 Å². The molecule has 2 aromatic heterocycles. The molecule has 1 saturated heterocycles. The second-order valence-corrected chi connectivity index (χ2v) is 5.80. The van der Waals surface area contributed by atoms with Crippen molar-refractivity contribution in [1.82, 2.24) is 14.7 Å². The van der Waals surface area contributed by atoms with E-state index in [1.807, 2.05) is 35.0 Å². The van der Waals surface area contributed by atoms with Gasteiger partial charge in [-0.1, -0.05) is 6.07 Å². The van der Waals surface area contributed by atoms with E-state index in [9.17, 15) is 4.79 Å². The van der Waals surface area contributed by atoms with E-state index in [1.54, 1.807) is 0 Å². The van der Waals surface area contributed by atoms with Crippen LogP contribution in [-0.4, -0.2) is 41.6 Å². The number of carbonyl (C=O) groups is 1. The van der Waals surface area contributed by atoms with E-state index in [2.05, 4.69) is 10.3 Å². The lowest BCUT2D eigenvalue weighted by Crippen LogP contribution is -2.49. The highest BCUT2D eigenvalue weighted by molar-refractivity contribution is 5.85. The summed E-state index contributed by atoms with van der Waals surface area (Å²) in [6, 6.07) is 5.90. The summed E-state index contributed by atoms with van der Waals surface area (Å²) in [5, 5.41) is 3.01. The molecule has 24 heavy (non-hydrogen) atoms. The van der Waals surface area contributed by atoms with Gasteiger partial charge < -0.3 is 20.2 Å². The van der Waals surface area contributed by atoms with E-state index >= 15 is 0 Å². The van der Waals surface area contributed by atoms with Crippen molar-refractivity contribution in [2.75, 3.05) is 26.3 Å². The number of nitrogens with one attached hydrogen (secondary N) is 1.